The molecule has 2 amide bonds. The maximum atomic E-state index is 13.3. The number of hydrogen-bond donors (Lipinski definition) is 2. The molecule has 0 spiro atoms. The molecule has 10 nitrogen and oxygen atoms in total. The van der Waals surface area contributed by atoms with E-state index in [9.17, 15) is 22.8 Å². The number of benzene rings is 1. The highest BCUT2D eigenvalue weighted by molar-refractivity contribution is 6.04. The van der Waals surface area contributed by atoms with E-state index < -0.39 is 23.1 Å². The third kappa shape index (κ3) is 5.27. The number of carbonyl (C=O) groups excluding carboxylic acids is 2. The van der Waals surface area contributed by atoms with E-state index in [-0.39, 0.29) is 29.0 Å². The number of nitrogens with zero attached hydrogens (tertiary/aromatic N) is 5. The number of nitrogen functional groups attached to an aromatic ring is 1. The number of nitrogens with one attached hydrogen (secondary N) is 1. The molecule has 2 fully saturated rings. The van der Waals surface area contributed by atoms with E-state index in [4.69, 9.17) is 15.5 Å². The lowest BCUT2D eigenvalue weighted by Crippen LogP contribution is -2.55. The molecule has 4 aromatic rings. The standard InChI is InChI=1S/C31H30F3N7O3/c1-3-22-14-37-26(35)25-24(39-27(41(22)25)20-5-4-12-40(15-20)29(43)30(2)16-44-17-30)18-6-8-19(9-7-18)28(42)38-23-13-21(10-11-36-23)31(32,33)34/h3,6-11,13-14,20H,1,4-5,12,15-17H2,2H3,(H2,35,37)(H,36,38,42)/t20-/m1/s1. The molecule has 0 radical (unpaired) electrons. The molecule has 1 atom stereocenters. The SMILES string of the molecule is C=Cc1cnc(N)c2c(-c3ccc(C(=O)Nc4cc(C(F)(F)F)ccn4)cc3)nc([C@@H]3CCCN(C(=O)C4(C)COC4)C3)n12. The van der Waals surface area contributed by atoms with Crippen molar-refractivity contribution in [2.45, 2.75) is 31.9 Å². The topological polar surface area (TPSA) is 128 Å². The molecule has 0 aliphatic carbocycles. The number of hydrogen-bond acceptors (Lipinski definition) is 7. The lowest BCUT2D eigenvalue weighted by molar-refractivity contribution is -0.170. The van der Waals surface area contributed by atoms with Crippen molar-refractivity contribution in [3.8, 4) is 11.3 Å². The van der Waals surface area contributed by atoms with Gasteiger partial charge in [0.25, 0.3) is 5.91 Å². The van der Waals surface area contributed by atoms with E-state index in [2.05, 4.69) is 21.9 Å². The maximum Gasteiger partial charge on any atom is 0.416 e. The lowest BCUT2D eigenvalue weighted by Gasteiger charge is -2.42. The first-order valence-corrected chi connectivity index (χ1v) is 14.1. The van der Waals surface area contributed by atoms with Crippen molar-refractivity contribution in [2.24, 2.45) is 5.41 Å². The molecule has 1 aromatic carbocycles. The van der Waals surface area contributed by atoms with E-state index in [1.165, 1.54) is 0 Å². The number of anilines is 2. The zero-order chi connectivity index (χ0) is 31.2. The van der Waals surface area contributed by atoms with Gasteiger partial charge in [-0.05, 0) is 50.1 Å². The average Bonchev–Trinajstić information content (AvgIpc) is 3.41. The summed E-state index contributed by atoms with van der Waals surface area (Å²) in [5.74, 6) is 0.145. The second-order valence-corrected chi connectivity index (χ2v) is 11.4. The van der Waals surface area contributed by atoms with Gasteiger partial charge in [-0.2, -0.15) is 13.2 Å². The smallest absolute Gasteiger partial charge is 0.382 e. The monoisotopic (exact) mass is 605 g/mol. The molecule has 0 bridgehead atoms. The largest absolute Gasteiger partial charge is 0.416 e. The minimum atomic E-state index is -4.56. The van der Waals surface area contributed by atoms with Crippen LogP contribution in [0.2, 0.25) is 0 Å². The molecule has 5 heterocycles. The molecule has 0 saturated carbocycles. The van der Waals surface area contributed by atoms with Gasteiger partial charge in [-0.3, -0.25) is 14.0 Å². The van der Waals surface area contributed by atoms with Crippen molar-refractivity contribution in [1.29, 1.82) is 0 Å². The van der Waals surface area contributed by atoms with Crippen molar-refractivity contribution < 1.29 is 27.5 Å². The first-order valence-electron chi connectivity index (χ1n) is 14.1. The fourth-order valence-corrected chi connectivity index (χ4v) is 5.74. The van der Waals surface area contributed by atoms with Gasteiger partial charge in [-0.25, -0.2) is 15.0 Å². The Bertz CT molecular complexity index is 1760. The predicted molar refractivity (Wildman–Crippen MR) is 158 cm³/mol. The molecule has 13 heteroatoms. The highest BCUT2D eigenvalue weighted by Crippen LogP contribution is 2.37. The molecule has 3 N–H and O–H groups in total. The van der Waals surface area contributed by atoms with Gasteiger partial charge in [0.05, 0.1) is 36.1 Å². The predicted octanol–water partition coefficient (Wildman–Crippen LogP) is 5.03. The third-order valence-corrected chi connectivity index (χ3v) is 8.13. The first kappa shape index (κ1) is 29.3. The normalized spacial score (nSPS) is 18.1. The number of piperidine rings is 1. The van der Waals surface area contributed by atoms with E-state index in [1.807, 2.05) is 16.2 Å². The summed E-state index contributed by atoms with van der Waals surface area (Å²) in [6.45, 7) is 7.85. The Labute approximate surface area is 250 Å². The second kappa shape index (κ2) is 11.1. The van der Waals surface area contributed by atoms with Gasteiger partial charge in [0.1, 0.15) is 28.7 Å². The van der Waals surface area contributed by atoms with Gasteiger partial charge in [-0.15, -0.1) is 0 Å². The minimum Gasteiger partial charge on any atom is -0.382 e. The number of likely N-dealkylation sites (tertiary alicyclic amines) is 1. The number of alkyl halides is 3. The molecule has 3 aromatic heterocycles. The summed E-state index contributed by atoms with van der Waals surface area (Å²) in [5, 5.41) is 2.41. The summed E-state index contributed by atoms with van der Waals surface area (Å²) in [6, 6.07) is 8.08. The lowest BCUT2D eigenvalue weighted by atomic mass is 9.85. The number of aromatic nitrogens is 4. The number of fused-ring (bicyclic) bond motifs is 1. The Morgan fingerprint density at radius 2 is 1.93 bits per heavy atom. The van der Waals surface area contributed by atoms with Crippen LogP contribution in [0.3, 0.4) is 0 Å². The molecule has 44 heavy (non-hydrogen) atoms. The Hall–Kier alpha value is -4.78. The third-order valence-electron chi connectivity index (χ3n) is 8.13. The summed E-state index contributed by atoms with van der Waals surface area (Å²) in [5.41, 5.74) is 7.64. The van der Waals surface area contributed by atoms with Crippen LogP contribution in [0.1, 0.15) is 53.1 Å². The number of ether oxygens (including phenoxy) is 1. The first-order chi connectivity index (χ1) is 21.0. The molecule has 2 saturated heterocycles. The summed E-state index contributed by atoms with van der Waals surface area (Å²) in [7, 11) is 0. The Morgan fingerprint density at radius 3 is 2.59 bits per heavy atom. The van der Waals surface area contributed by atoms with Gasteiger partial charge in [0.2, 0.25) is 5.91 Å². The summed E-state index contributed by atoms with van der Waals surface area (Å²) in [4.78, 5) is 41.2. The van der Waals surface area contributed by atoms with Gasteiger partial charge in [0.15, 0.2) is 0 Å². The minimum absolute atomic E-state index is 0.0776. The van der Waals surface area contributed by atoms with Crippen molar-refractivity contribution in [3.63, 3.8) is 0 Å². The number of rotatable bonds is 6. The van der Waals surface area contributed by atoms with E-state index in [0.29, 0.717) is 48.8 Å². The van der Waals surface area contributed by atoms with Crippen molar-refractivity contribution in [1.82, 2.24) is 24.3 Å². The van der Waals surface area contributed by atoms with E-state index in [0.717, 1.165) is 37.0 Å². The number of amides is 2. The van der Waals surface area contributed by atoms with Crippen LogP contribution in [0.5, 0.6) is 0 Å². The molecule has 2 aliphatic heterocycles. The number of carbonyl (C=O) groups is 2. The summed E-state index contributed by atoms with van der Waals surface area (Å²) in [6.07, 6.45) is 1.35. The molecule has 0 unspecified atom stereocenters. The molecule has 2 aliphatic rings. The maximum absolute atomic E-state index is 13.3. The van der Waals surface area contributed by atoms with E-state index in [1.54, 1.807) is 36.5 Å². The van der Waals surface area contributed by atoms with Crippen LogP contribution < -0.4 is 11.1 Å². The van der Waals surface area contributed by atoms with Crippen molar-refractivity contribution in [2.75, 3.05) is 37.4 Å². The Balaban J connectivity index is 1.31. The zero-order valence-electron chi connectivity index (χ0n) is 23.9. The molecule has 228 valence electrons. The van der Waals surface area contributed by atoms with Crippen LogP contribution in [0.15, 0.2) is 55.4 Å². The number of pyridine rings is 1. The Kier molecular flexibility index (Phi) is 7.36. The second-order valence-electron chi connectivity index (χ2n) is 11.4. The summed E-state index contributed by atoms with van der Waals surface area (Å²) >= 11 is 0. The van der Waals surface area contributed by atoms with Gasteiger partial charge in [0, 0.05) is 36.3 Å². The summed E-state index contributed by atoms with van der Waals surface area (Å²) < 4.78 is 46.5. The van der Waals surface area contributed by atoms with E-state index >= 15 is 0 Å². The fourth-order valence-electron chi connectivity index (χ4n) is 5.74. The van der Waals surface area contributed by atoms with Crippen molar-refractivity contribution >= 4 is 35.0 Å². The van der Waals surface area contributed by atoms with Gasteiger partial charge < -0.3 is 20.7 Å². The molecular formula is C31H30F3N7O3. The van der Waals surface area contributed by atoms with Crippen LogP contribution in [-0.2, 0) is 15.7 Å². The van der Waals surface area contributed by atoms with Crippen molar-refractivity contribution in [3.05, 3.63) is 78.0 Å². The molecule has 6 rings (SSSR count). The van der Waals surface area contributed by atoms with Crippen LogP contribution in [0.25, 0.3) is 22.9 Å². The Morgan fingerprint density at radius 1 is 1.18 bits per heavy atom. The van der Waals surface area contributed by atoms with Gasteiger partial charge >= 0.3 is 6.18 Å². The number of halogens is 3. The van der Waals surface area contributed by atoms with Crippen LogP contribution in [0, 0.1) is 5.41 Å². The van der Waals surface area contributed by atoms with Crippen LogP contribution in [0.4, 0.5) is 24.8 Å². The van der Waals surface area contributed by atoms with Crippen LogP contribution in [-0.4, -0.2) is 62.4 Å². The quantitative estimate of drug-likeness (QED) is 0.316. The fraction of sp³-hybridized carbons (Fsp3) is 0.323. The number of nitrogens with two attached hydrogens (primary N) is 1. The molecular weight excluding hydrogens is 575 g/mol. The average molecular weight is 606 g/mol. The highest BCUT2D eigenvalue weighted by atomic mass is 19.4. The number of imidazole rings is 1. The van der Waals surface area contributed by atoms with Gasteiger partial charge in [-0.1, -0.05) is 18.7 Å². The van der Waals surface area contributed by atoms with Crippen LogP contribution >= 0.6 is 0 Å². The highest BCUT2D eigenvalue weighted by Gasteiger charge is 2.45. The zero-order valence-corrected chi connectivity index (χ0v) is 23.9.